The van der Waals surface area contributed by atoms with Gasteiger partial charge in [-0.15, -0.1) is 0 Å². The maximum atomic E-state index is 7.08. The molecule has 2 saturated heterocycles. The highest BCUT2D eigenvalue weighted by Crippen LogP contribution is 2.42. The Morgan fingerprint density at radius 1 is 0.936 bits per heavy atom. The topological polar surface area (TPSA) is 107 Å². The van der Waals surface area contributed by atoms with E-state index in [1.165, 1.54) is 0 Å². The van der Waals surface area contributed by atoms with E-state index >= 15 is 0 Å². The lowest BCUT2D eigenvalue weighted by molar-refractivity contribution is -0.00528. The zero-order valence-corrected chi connectivity index (χ0v) is 28.4. The van der Waals surface area contributed by atoms with Crippen molar-refractivity contribution < 1.29 is 14.2 Å². The van der Waals surface area contributed by atoms with E-state index in [2.05, 4.69) is 34.0 Å². The van der Waals surface area contributed by atoms with Crippen LogP contribution >= 0.6 is 23.2 Å². The highest BCUT2D eigenvalue weighted by Gasteiger charge is 2.23. The van der Waals surface area contributed by atoms with Crippen molar-refractivity contribution in [3.8, 4) is 45.4 Å². The first-order valence-electron chi connectivity index (χ1n) is 15.7. The maximum Gasteiger partial charge on any atom is 0.237 e. The van der Waals surface area contributed by atoms with Gasteiger partial charge in [-0.1, -0.05) is 66.2 Å². The Hall–Kier alpha value is -3.80. The van der Waals surface area contributed by atoms with Crippen molar-refractivity contribution in [3.05, 3.63) is 82.5 Å². The molecular weight excluding hydrogens is 637 g/mol. The lowest BCUT2D eigenvalue weighted by Gasteiger charge is -2.32. The molecule has 2 N–H and O–H groups in total. The van der Waals surface area contributed by atoms with E-state index in [-0.39, 0.29) is 6.04 Å². The van der Waals surface area contributed by atoms with Gasteiger partial charge in [0, 0.05) is 66.2 Å². The second kappa shape index (κ2) is 15.0. The van der Waals surface area contributed by atoms with E-state index < -0.39 is 0 Å². The van der Waals surface area contributed by atoms with Crippen molar-refractivity contribution >= 4 is 23.2 Å². The van der Waals surface area contributed by atoms with Crippen LogP contribution in [-0.4, -0.2) is 77.4 Å². The van der Waals surface area contributed by atoms with E-state index in [1.807, 2.05) is 36.4 Å². The van der Waals surface area contributed by atoms with Crippen LogP contribution in [0.4, 0.5) is 0 Å². The summed E-state index contributed by atoms with van der Waals surface area (Å²) in [4.78, 5) is 21.3. The van der Waals surface area contributed by atoms with Gasteiger partial charge in [0.25, 0.3) is 0 Å². The second-order valence-corrected chi connectivity index (χ2v) is 12.5. The zero-order chi connectivity index (χ0) is 32.9. The number of allylic oxidation sites excluding steroid dienone is 1. The van der Waals surface area contributed by atoms with Crippen LogP contribution in [0, 0.1) is 0 Å². The lowest BCUT2D eigenvalue weighted by Crippen LogP contribution is -2.43. The van der Waals surface area contributed by atoms with Crippen LogP contribution in [0.25, 0.3) is 33.6 Å². The van der Waals surface area contributed by atoms with Gasteiger partial charge in [-0.3, -0.25) is 14.9 Å². The van der Waals surface area contributed by atoms with Crippen LogP contribution in [0.2, 0.25) is 10.0 Å². The molecule has 2 aromatic heterocycles. The molecule has 2 aliphatic heterocycles. The fraction of sp³-hybridized carbons (Fsp3) is 0.371. The number of halogens is 2. The van der Waals surface area contributed by atoms with E-state index in [0.717, 1.165) is 59.7 Å². The number of benzene rings is 2. The molecule has 2 atom stereocenters. The number of aromatic nitrogens is 4. The second-order valence-electron chi connectivity index (χ2n) is 11.8. The average Bonchev–Trinajstić information content (AvgIpc) is 3.51. The van der Waals surface area contributed by atoms with Crippen LogP contribution in [0.1, 0.15) is 31.2 Å². The van der Waals surface area contributed by atoms with Crippen molar-refractivity contribution in [1.82, 2.24) is 35.5 Å². The molecule has 4 aromatic rings. The Morgan fingerprint density at radius 3 is 2.11 bits per heavy atom. The first-order chi connectivity index (χ1) is 22.9. The minimum absolute atomic E-state index is 0.286. The highest BCUT2D eigenvalue weighted by atomic mass is 35.5. The number of methoxy groups -OCH3 is 2. The molecule has 246 valence electrons. The SMILES string of the molecule is C=C1CC[C@@H](CNCc2ncc(-c3cccc(-c4cccc(-c5cnc(CN6CCOC[C@@H]6C)c(OC)n5)c4Cl)c3Cl)nc2OC)N1. The Bertz CT molecular complexity index is 1750. The van der Waals surface area contributed by atoms with Gasteiger partial charge in [0.05, 0.1) is 61.3 Å². The van der Waals surface area contributed by atoms with E-state index in [0.29, 0.717) is 71.1 Å². The molecule has 0 saturated carbocycles. The van der Waals surface area contributed by atoms with Crippen LogP contribution < -0.4 is 20.1 Å². The van der Waals surface area contributed by atoms with Crippen LogP contribution in [0.15, 0.2) is 61.1 Å². The van der Waals surface area contributed by atoms with Crippen molar-refractivity contribution in [1.29, 1.82) is 0 Å². The third-order valence-electron chi connectivity index (χ3n) is 8.59. The number of ether oxygens (including phenoxy) is 3. The maximum absolute atomic E-state index is 7.08. The molecule has 0 radical (unpaired) electrons. The predicted octanol–water partition coefficient (Wildman–Crippen LogP) is 6.17. The first kappa shape index (κ1) is 33.1. The number of hydrogen-bond acceptors (Lipinski definition) is 10. The monoisotopic (exact) mass is 675 g/mol. The van der Waals surface area contributed by atoms with Crippen molar-refractivity contribution in [2.45, 2.75) is 44.9 Å². The van der Waals surface area contributed by atoms with Crippen molar-refractivity contribution in [2.24, 2.45) is 0 Å². The van der Waals surface area contributed by atoms with Crippen LogP contribution in [0.3, 0.4) is 0 Å². The molecule has 6 rings (SSSR count). The molecule has 0 bridgehead atoms. The standard InChI is InChI=1S/C35H39Cl2N7O3/c1-21-11-12-23(41-21)15-38-16-30-34(45-3)42-28(17-39-30)26-9-5-7-24(32(26)36)25-8-6-10-27(33(25)37)29-18-40-31(35(43-29)46-4)19-44-13-14-47-20-22(44)2/h5-10,17-18,22-23,38,41H,1,11-16,19-20H2,2-4H3/t22-,23-/m0/s1. The van der Waals surface area contributed by atoms with E-state index in [9.17, 15) is 0 Å². The summed E-state index contributed by atoms with van der Waals surface area (Å²) in [6.07, 6.45) is 5.53. The van der Waals surface area contributed by atoms with Crippen molar-refractivity contribution in [3.63, 3.8) is 0 Å². The summed E-state index contributed by atoms with van der Waals surface area (Å²) >= 11 is 14.1. The van der Waals surface area contributed by atoms with E-state index in [4.69, 9.17) is 52.4 Å². The Balaban J connectivity index is 1.24. The fourth-order valence-electron chi connectivity index (χ4n) is 5.97. The molecule has 47 heavy (non-hydrogen) atoms. The number of nitrogens with zero attached hydrogens (tertiary/aromatic N) is 5. The largest absolute Gasteiger partial charge is 0.480 e. The van der Waals surface area contributed by atoms with Crippen LogP contribution in [-0.2, 0) is 17.8 Å². The summed E-state index contributed by atoms with van der Waals surface area (Å²) in [5.41, 5.74) is 6.72. The molecule has 2 fully saturated rings. The molecule has 0 amide bonds. The van der Waals surface area contributed by atoms with Crippen molar-refractivity contribution in [2.75, 3.05) is 40.5 Å². The molecule has 2 aliphatic rings. The van der Waals surface area contributed by atoms with Gasteiger partial charge >= 0.3 is 0 Å². The average molecular weight is 677 g/mol. The van der Waals surface area contributed by atoms with Gasteiger partial charge in [-0.05, 0) is 19.8 Å². The smallest absolute Gasteiger partial charge is 0.237 e. The third kappa shape index (κ3) is 7.37. The molecule has 12 heteroatoms. The summed E-state index contributed by atoms with van der Waals surface area (Å²) in [6, 6.07) is 12.2. The molecule has 10 nitrogen and oxygen atoms in total. The Labute approximate surface area is 285 Å². The van der Waals surface area contributed by atoms with Gasteiger partial charge in [0.2, 0.25) is 11.8 Å². The van der Waals surface area contributed by atoms with E-state index in [1.54, 1.807) is 26.6 Å². The summed E-state index contributed by atoms with van der Waals surface area (Å²) in [5.74, 6) is 0.911. The molecule has 0 aliphatic carbocycles. The van der Waals surface area contributed by atoms with Gasteiger partial charge < -0.3 is 24.8 Å². The number of hydrogen-bond donors (Lipinski definition) is 2. The number of morpholine rings is 1. The highest BCUT2D eigenvalue weighted by molar-refractivity contribution is 6.39. The first-order valence-corrected chi connectivity index (χ1v) is 16.5. The zero-order valence-electron chi connectivity index (χ0n) is 26.9. The molecule has 0 spiro atoms. The Morgan fingerprint density at radius 2 is 1.53 bits per heavy atom. The number of rotatable bonds is 11. The van der Waals surface area contributed by atoms with Gasteiger partial charge in [-0.25, -0.2) is 9.97 Å². The fourth-order valence-corrected chi connectivity index (χ4v) is 6.62. The summed E-state index contributed by atoms with van der Waals surface area (Å²) in [7, 11) is 3.20. The summed E-state index contributed by atoms with van der Waals surface area (Å²) in [5, 5.41) is 7.84. The molecule has 4 heterocycles. The summed E-state index contributed by atoms with van der Waals surface area (Å²) < 4.78 is 16.9. The van der Waals surface area contributed by atoms with Gasteiger partial charge in [-0.2, -0.15) is 0 Å². The quantitative estimate of drug-likeness (QED) is 0.192. The summed E-state index contributed by atoms with van der Waals surface area (Å²) in [6.45, 7) is 10.3. The predicted molar refractivity (Wildman–Crippen MR) is 185 cm³/mol. The molecular formula is C35H39Cl2N7O3. The third-order valence-corrected chi connectivity index (χ3v) is 9.41. The minimum atomic E-state index is 0.286. The van der Waals surface area contributed by atoms with Crippen LogP contribution in [0.5, 0.6) is 11.8 Å². The van der Waals surface area contributed by atoms with Gasteiger partial charge in [0.1, 0.15) is 11.4 Å². The number of nitrogens with one attached hydrogen (secondary N) is 2. The normalized spacial score (nSPS) is 18.3. The molecule has 0 unspecified atom stereocenters. The Kier molecular flexibility index (Phi) is 10.5. The van der Waals surface area contributed by atoms with Gasteiger partial charge in [0.15, 0.2) is 0 Å². The molecule has 2 aromatic carbocycles. The lowest BCUT2D eigenvalue weighted by atomic mass is 9.98. The minimum Gasteiger partial charge on any atom is -0.480 e.